The first-order chi connectivity index (χ1) is 14.7. The summed E-state index contributed by atoms with van der Waals surface area (Å²) in [7, 11) is 0. The van der Waals surface area contributed by atoms with E-state index in [2.05, 4.69) is 65.7 Å². The lowest BCUT2D eigenvalue weighted by molar-refractivity contribution is -0.143. The standard InChI is InChI=1S/C26H31NO2S/c1-3-27(24-18-30-25-8-6-5-7-23(24)25)22-15-14-21(17-22)20-12-9-19(10-13-20)11-16-26(28)29-4-2/h5-10,12-13,18,21-22H,3-4,11,14-17H2,1-2H3. The van der Waals surface area contributed by atoms with Gasteiger partial charge in [0, 0.05) is 34.5 Å². The molecule has 30 heavy (non-hydrogen) atoms. The molecule has 1 saturated carbocycles. The van der Waals surface area contributed by atoms with Gasteiger partial charge in [0.15, 0.2) is 0 Å². The molecule has 3 nitrogen and oxygen atoms in total. The summed E-state index contributed by atoms with van der Waals surface area (Å²) in [4.78, 5) is 14.2. The maximum atomic E-state index is 11.6. The van der Waals surface area contributed by atoms with Crippen LogP contribution in [-0.4, -0.2) is 25.2 Å². The number of benzene rings is 2. The maximum Gasteiger partial charge on any atom is 0.306 e. The van der Waals surface area contributed by atoms with E-state index in [4.69, 9.17) is 4.74 Å². The number of rotatable bonds is 8. The van der Waals surface area contributed by atoms with Gasteiger partial charge >= 0.3 is 5.97 Å². The SMILES string of the molecule is CCOC(=O)CCc1ccc(C2CCC(N(CC)c3csc4ccccc34)C2)cc1. The van der Waals surface area contributed by atoms with Crippen LogP contribution in [0.4, 0.5) is 5.69 Å². The van der Waals surface area contributed by atoms with Gasteiger partial charge in [0.25, 0.3) is 0 Å². The number of carbonyl (C=O) groups is 1. The van der Waals surface area contributed by atoms with Crippen LogP contribution in [0, 0.1) is 0 Å². The Labute approximate surface area is 183 Å². The molecule has 2 aromatic carbocycles. The summed E-state index contributed by atoms with van der Waals surface area (Å²) < 4.78 is 6.40. The van der Waals surface area contributed by atoms with Gasteiger partial charge in [-0.2, -0.15) is 0 Å². The third kappa shape index (κ3) is 4.54. The van der Waals surface area contributed by atoms with Crippen LogP contribution < -0.4 is 4.90 Å². The number of nitrogens with zero attached hydrogens (tertiary/aromatic N) is 1. The number of hydrogen-bond donors (Lipinski definition) is 0. The molecule has 0 bridgehead atoms. The number of aryl methyl sites for hydroxylation is 1. The predicted octanol–water partition coefficient (Wildman–Crippen LogP) is 6.56. The smallest absolute Gasteiger partial charge is 0.306 e. The van der Waals surface area contributed by atoms with Gasteiger partial charge in [0.05, 0.1) is 12.3 Å². The maximum absolute atomic E-state index is 11.6. The Balaban J connectivity index is 1.40. The van der Waals surface area contributed by atoms with Gasteiger partial charge in [0.2, 0.25) is 0 Å². The van der Waals surface area contributed by atoms with Crippen molar-refractivity contribution in [2.45, 2.75) is 57.9 Å². The molecule has 4 rings (SSSR count). The normalized spacial score (nSPS) is 18.6. The molecule has 1 aliphatic carbocycles. The van der Waals surface area contributed by atoms with E-state index in [0.717, 1.165) is 13.0 Å². The van der Waals surface area contributed by atoms with E-state index in [9.17, 15) is 4.79 Å². The minimum absolute atomic E-state index is 0.110. The lowest BCUT2D eigenvalue weighted by Gasteiger charge is -2.30. The average molecular weight is 422 g/mol. The molecule has 1 aliphatic rings. The molecule has 0 amide bonds. The lowest BCUT2D eigenvalue weighted by Crippen LogP contribution is -2.33. The summed E-state index contributed by atoms with van der Waals surface area (Å²) in [5.74, 6) is 0.508. The Bertz CT molecular complexity index is 978. The first-order valence-electron chi connectivity index (χ1n) is 11.2. The second-order valence-electron chi connectivity index (χ2n) is 8.11. The van der Waals surface area contributed by atoms with E-state index < -0.39 is 0 Å². The van der Waals surface area contributed by atoms with Gasteiger partial charge in [-0.1, -0.05) is 42.5 Å². The van der Waals surface area contributed by atoms with Crippen LogP contribution >= 0.6 is 11.3 Å². The van der Waals surface area contributed by atoms with Crippen molar-refractivity contribution >= 4 is 33.1 Å². The highest BCUT2D eigenvalue weighted by molar-refractivity contribution is 7.17. The highest BCUT2D eigenvalue weighted by Crippen LogP contribution is 2.41. The molecule has 2 atom stereocenters. The monoisotopic (exact) mass is 421 g/mol. The summed E-state index contributed by atoms with van der Waals surface area (Å²) in [6.07, 6.45) is 4.90. The molecule has 0 aliphatic heterocycles. The summed E-state index contributed by atoms with van der Waals surface area (Å²) >= 11 is 1.85. The van der Waals surface area contributed by atoms with Crippen LogP contribution in [-0.2, 0) is 16.0 Å². The van der Waals surface area contributed by atoms with Gasteiger partial charge in [0.1, 0.15) is 0 Å². The number of thiophene rings is 1. The van der Waals surface area contributed by atoms with Gasteiger partial charge in [-0.3, -0.25) is 4.79 Å². The minimum Gasteiger partial charge on any atom is -0.466 e. The van der Waals surface area contributed by atoms with Crippen molar-refractivity contribution in [3.63, 3.8) is 0 Å². The third-order valence-electron chi connectivity index (χ3n) is 6.33. The quantitative estimate of drug-likeness (QED) is 0.386. The van der Waals surface area contributed by atoms with E-state index in [1.54, 1.807) is 0 Å². The predicted molar refractivity (Wildman–Crippen MR) is 127 cm³/mol. The van der Waals surface area contributed by atoms with Gasteiger partial charge < -0.3 is 9.64 Å². The molecule has 0 N–H and O–H groups in total. The lowest BCUT2D eigenvalue weighted by atomic mass is 9.95. The third-order valence-corrected chi connectivity index (χ3v) is 7.28. The van der Waals surface area contributed by atoms with E-state index in [1.807, 2.05) is 18.3 Å². The van der Waals surface area contributed by atoms with Crippen LogP contribution in [0.15, 0.2) is 53.9 Å². The molecule has 1 aromatic heterocycles. The first-order valence-corrected chi connectivity index (χ1v) is 12.0. The second kappa shape index (κ2) is 9.65. The van der Waals surface area contributed by atoms with E-state index in [-0.39, 0.29) is 5.97 Å². The molecule has 1 fully saturated rings. The van der Waals surface area contributed by atoms with E-state index >= 15 is 0 Å². The molecule has 0 saturated heterocycles. The summed E-state index contributed by atoms with van der Waals surface area (Å²) in [6, 6.07) is 18.3. The van der Waals surface area contributed by atoms with E-state index in [1.165, 1.54) is 46.2 Å². The first kappa shape index (κ1) is 20.9. The van der Waals surface area contributed by atoms with Crippen LogP contribution in [0.25, 0.3) is 10.1 Å². The summed E-state index contributed by atoms with van der Waals surface area (Å²) in [5.41, 5.74) is 4.04. The Kier molecular flexibility index (Phi) is 6.73. The molecule has 0 radical (unpaired) electrons. The van der Waals surface area contributed by atoms with Crippen molar-refractivity contribution in [2.75, 3.05) is 18.1 Å². The van der Waals surface area contributed by atoms with Crippen molar-refractivity contribution in [3.8, 4) is 0 Å². The van der Waals surface area contributed by atoms with Crippen molar-refractivity contribution < 1.29 is 9.53 Å². The summed E-state index contributed by atoms with van der Waals surface area (Å²) in [6.45, 7) is 5.63. The van der Waals surface area contributed by atoms with Crippen LogP contribution in [0.1, 0.15) is 56.6 Å². The zero-order valence-electron chi connectivity index (χ0n) is 18.0. The van der Waals surface area contributed by atoms with Gasteiger partial charge in [-0.05, 0) is 62.6 Å². The molecule has 2 unspecified atom stereocenters. The van der Waals surface area contributed by atoms with Crippen molar-refractivity contribution in [3.05, 3.63) is 65.0 Å². The Morgan fingerprint density at radius 2 is 1.90 bits per heavy atom. The number of ether oxygens (including phenoxy) is 1. The number of carbonyl (C=O) groups excluding carboxylic acids is 1. The van der Waals surface area contributed by atoms with Crippen LogP contribution in [0.2, 0.25) is 0 Å². The fraction of sp³-hybridized carbons (Fsp3) is 0.423. The molecule has 1 heterocycles. The number of anilines is 1. The Hall–Kier alpha value is -2.33. The largest absolute Gasteiger partial charge is 0.466 e. The van der Waals surface area contributed by atoms with Crippen LogP contribution in [0.5, 0.6) is 0 Å². The molecule has 158 valence electrons. The highest BCUT2D eigenvalue weighted by Gasteiger charge is 2.30. The van der Waals surface area contributed by atoms with E-state index in [0.29, 0.717) is 25.0 Å². The fourth-order valence-electron chi connectivity index (χ4n) is 4.79. The van der Waals surface area contributed by atoms with Crippen molar-refractivity contribution in [1.82, 2.24) is 0 Å². The molecular weight excluding hydrogens is 390 g/mol. The average Bonchev–Trinajstić information content (AvgIpc) is 3.42. The minimum atomic E-state index is -0.110. The molecular formula is C26H31NO2S. The van der Waals surface area contributed by atoms with Crippen molar-refractivity contribution in [2.24, 2.45) is 0 Å². The zero-order chi connectivity index (χ0) is 20.9. The topological polar surface area (TPSA) is 29.5 Å². The zero-order valence-corrected chi connectivity index (χ0v) is 18.8. The van der Waals surface area contributed by atoms with Gasteiger partial charge in [-0.15, -0.1) is 11.3 Å². The number of fused-ring (bicyclic) bond motifs is 1. The van der Waals surface area contributed by atoms with Gasteiger partial charge in [-0.25, -0.2) is 0 Å². The van der Waals surface area contributed by atoms with Crippen LogP contribution in [0.3, 0.4) is 0 Å². The highest BCUT2D eigenvalue weighted by atomic mass is 32.1. The number of esters is 1. The molecule has 0 spiro atoms. The fourth-order valence-corrected chi connectivity index (χ4v) is 5.75. The second-order valence-corrected chi connectivity index (χ2v) is 9.02. The Morgan fingerprint density at radius 1 is 1.10 bits per heavy atom. The molecule has 4 heteroatoms. The number of hydrogen-bond acceptors (Lipinski definition) is 4. The Morgan fingerprint density at radius 3 is 2.67 bits per heavy atom. The molecule has 3 aromatic rings. The summed E-state index contributed by atoms with van der Waals surface area (Å²) in [5, 5.41) is 3.72. The van der Waals surface area contributed by atoms with Crippen molar-refractivity contribution in [1.29, 1.82) is 0 Å².